The van der Waals surface area contributed by atoms with Crippen LogP contribution in [0, 0.1) is 0 Å². The molecule has 3 N–H and O–H groups in total. The van der Waals surface area contributed by atoms with Crippen LogP contribution in [-0.4, -0.2) is 26.5 Å². The molecule has 4 nitrogen and oxygen atoms in total. The van der Waals surface area contributed by atoms with Crippen LogP contribution in [0.3, 0.4) is 0 Å². The Labute approximate surface area is 117 Å². The molecule has 0 saturated carbocycles. The molecular formula is C11H17ClN2O2S2. The average molecular weight is 309 g/mol. The summed E-state index contributed by atoms with van der Waals surface area (Å²) in [5.74, 6) is 0. The molecule has 0 saturated heterocycles. The first-order valence-electron chi connectivity index (χ1n) is 5.44. The fourth-order valence-corrected chi connectivity index (χ4v) is 2.94. The lowest BCUT2D eigenvalue weighted by molar-refractivity contribution is 0.579. The van der Waals surface area contributed by atoms with Crippen LogP contribution in [0.2, 0.25) is 5.02 Å². The molecular weight excluding hydrogens is 292 g/mol. The monoisotopic (exact) mass is 308 g/mol. The topological polar surface area (TPSA) is 72.2 Å². The molecule has 1 unspecified atom stereocenters. The molecule has 1 atom stereocenters. The van der Waals surface area contributed by atoms with Crippen LogP contribution < -0.4 is 10.5 Å². The molecule has 0 fully saturated rings. The molecule has 0 amide bonds. The Morgan fingerprint density at radius 2 is 2.17 bits per heavy atom. The normalized spacial score (nSPS) is 13.5. The molecule has 0 bridgehead atoms. The first kappa shape index (κ1) is 15.6. The number of thioether (sulfide) groups is 1. The summed E-state index contributed by atoms with van der Waals surface area (Å²) in [7, 11) is -3.50. The van der Waals surface area contributed by atoms with Crippen molar-refractivity contribution in [3.05, 3.63) is 23.2 Å². The summed E-state index contributed by atoms with van der Waals surface area (Å²) in [6, 6.07) is 4.29. The maximum Gasteiger partial charge on any atom is 0.240 e. The van der Waals surface area contributed by atoms with E-state index in [-0.39, 0.29) is 9.92 Å². The van der Waals surface area contributed by atoms with Crippen LogP contribution in [0.25, 0.3) is 0 Å². The number of rotatable bonds is 6. The Balaban J connectivity index is 2.71. The van der Waals surface area contributed by atoms with E-state index in [0.29, 0.717) is 17.5 Å². The van der Waals surface area contributed by atoms with Crippen molar-refractivity contribution in [3.63, 3.8) is 0 Å². The third kappa shape index (κ3) is 4.35. The standard InChI is InChI=1S/C11H17ClN2O2S2/c1-8(17-2)5-6-14-18(15,16)9-3-4-11(13)10(12)7-9/h3-4,7-8,14H,5-6,13H2,1-2H3. The van der Waals surface area contributed by atoms with Gasteiger partial charge in [0.25, 0.3) is 0 Å². The lowest BCUT2D eigenvalue weighted by Crippen LogP contribution is -2.26. The van der Waals surface area contributed by atoms with Gasteiger partial charge in [-0.15, -0.1) is 0 Å². The largest absolute Gasteiger partial charge is 0.398 e. The summed E-state index contributed by atoms with van der Waals surface area (Å²) in [5, 5.41) is 0.665. The fourth-order valence-electron chi connectivity index (χ4n) is 1.27. The highest BCUT2D eigenvalue weighted by Crippen LogP contribution is 2.22. The lowest BCUT2D eigenvalue weighted by Gasteiger charge is -2.10. The summed E-state index contributed by atoms with van der Waals surface area (Å²) in [6.45, 7) is 2.46. The Morgan fingerprint density at radius 3 is 2.72 bits per heavy atom. The van der Waals surface area contributed by atoms with Crippen LogP contribution in [0.4, 0.5) is 5.69 Å². The smallest absolute Gasteiger partial charge is 0.240 e. The highest BCUT2D eigenvalue weighted by Gasteiger charge is 2.15. The third-order valence-electron chi connectivity index (χ3n) is 2.53. The van der Waals surface area contributed by atoms with Crippen molar-refractivity contribution in [1.29, 1.82) is 0 Å². The van der Waals surface area contributed by atoms with Gasteiger partial charge in [0.1, 0.15) is 0 Å². The van der Waals surface area contributed by atoms with Gasteiger partial charge in [-0.3, -0.25) is 0 Å². The van der Waals surface area contributed by atoms with Crippen molar-refractivity contribution in [2.75, 3.05) is 18.5 Å². The van der Waals surface area contributed by atoms with Crippen molar-refractivity contribution in [2.24, 2.45) is 0 Å². The van der Waals surface area contributed by atoms with E-state index < -0.39 is 10.0 Å². The van der Waals surface area contributed by atoms with Gasteiger partial charge in [-0.1, -0.05) is 18.5 Å². The van der Waals surface area contributed by atoms with E-state index in [1.807, 2.05) is 6.26 Å². The summed E-state index contributed by atoms with van der Waals surface area (Å²) in [4.78, 5) is 0.138. The zero-order valence-electron chi connectivity index (χ0n) is 10.3. The van der Waals surface area contributed by atoms with Gasteiger partial charge < -0.3 is 5.73 Å². The Bertz CT molecular complexity index is 506. The molecule has 102 valence electrons. The van der Waals surface area contributed by atoms with Crippen LogP contribution in [0.5, 0.6) is 0 Å². The van der Waals surface area contributed by atoms with E-state index in [1.54, 1.807) is 11.8 Å². The van der Waals surface area contributed by atoms with Crippen molar-refractivity contribution in [1.82, 2.24) is 4.72 Å². The number of nitrogens with two attached hydrogens (primary N) is 1. The second-order valence-corrected chi connectivity index (χ2v) is 7.37. The van der Waals surface area contributed by atoms with Gasteiger partial charge in [0, 0.05) is 11.8 Å². The van der Waals surface area contributed by atoms with Crippen LogP contribution in [0.1, 0.15) is 13.3 Å². The zero-order valence-corrected chi connectivity index (χ0v) is 12.7. The van der Waals surface area contributed by atoms with Gasteiger partial charge >= 0.3 is 0 Å². The Morgan fingerprint density at radius 1 is 1.50 bits per heavy atom. The number of hydrogen-bond acceptors (Lipinski definition) is 4. The van der Waals surface area contributed by atoms with E-state index in [0.717, 1.165) is 6.42 Å². The maximum atomic E-state index is 11.9. The third-order valence-corrected chi connectivity index (χ3v) is 5.35. The van der Waals surface area contributed by atoms with E-state index in [2.05, 4.69) is 11.6 Å². The van der Waals surface area contributed by atoms with Crippen molar-refractivity contribution < 1.29 is 8.42 Å². The molecule has 0 aliphatic heterocycles. The van der Waals surface area contributed by atoms with E-state index in [4.69, 9.17) is 17.3 Å². The van der Waals surface area contributed by atoms with Gasteiger partial charge in [0.15, 0.2) is 0 Å². The Hall–Kier alpha value is -0.430. The van der Waals surface area contributed by atoms with Gasteiger partial charge in [-0.25, -0.2) is 13.1 Å². The number of sulfonamides is 1. The van der Waals surface area contributed by atoms with E-state index in [9.17, 15) is 8.42 Å². The summed E-state index contributed by atoms with van der Waals surface area (Å²) < 4.78 is 26.4. The molecule has 0 heterocycles. The second-order valence-electron chi connectivity index (χ2n) is 3.92. The number of nitrogens with one attached hydrogen (secondary N) is 1. The number of halogens is 1. The highest BCUT2D eigenvalue weighted by atomic mass is 35.5. The van der Waals surface area contributed by atoms with Crippen molar-refractivity contribution >= 4 is 39.1 Å². The summed E-state index contributed by atoms with van der Waals surface area (Å²) in [6.07, 6.45) is 2.78. The molecule has 0 spiro atoms. The highest BCUT2D eigenvalue weighted by molar-refractivity contribution is 7.99. The Kier molecular flexibility index (Phi) is 5.78. The summed E-state index contributed by atoms with van der Waals surface area (Å²) >= 11 is 7.51. The second kappa shape index (κ2) is 6.65. The predicted molar refractivity (Wildman–Crippen MR) is 78.6 cm³/mol. The molecule has 7 heteroatoms. The first-order valence-corrected chi connectivity index (χ1v) is 8.59. The minimum atomic E-state index is -3.50. The van der Waals surface area contributed by atoms with Crippen molar-refractivity contribution in [3.8, 4) is 0 Å². The summed E-state index contributed by atoms with van der Waals surface area (Å²) in [5.41, 5.74) is 5.91. The number of hydrogen-bond donors (Lipinski definition) is 2. The van der Waals surface area contributed by atoms with E-state index >= 15 is 0 Å². The number of nitrogen functional groups attached to an aromatic ring is 1. The fraction of sp³-hybridized carbons (Fsp3) is 0.455. The predicted octanol–water partition coefficient (Wildman–Crippen LogP) is 2.34. The number of benzene rings is 1. The van der Waals surface area contributed by atoms with Gasteiger partial charge in [0.2, 0.25) is 10.0 Å². The van der Waals surface area contributed by atoms with Crippen LogP contribution in [-0.2, 0) is 10.0 Å². The first-order chi connectivity index (χ1) is 8.36. The molecule has 18 heavy (non-hydrogen) atoms. The molecule has 1 aromatic carbocycles. The van der Waals surface area contributed by atoms with E-state index in [1.165, 1.54) is 18.2 Å². The molecule has 1 rings (SSSR count). The average Bonchev–Trinajstić information content (AvgIpc) is 2.32. The molecule has 0 radical (unpaired) electrons. The molecule has 1 aromatic rings. The van der Waals surface area contributed by atoms with Crippen LogP contribution in [0.15, 0.2) is 23.1 Å². The minimum absolute atomic E-state index is 0.138. The molecule has 0 aromatic heterocycles. The van der Waals surface area contributed by atoms with Gasteiger partial charge in [-0.2, -0.15) is 11.8 Å². The SMILES string of the molecule is CSC(C)CCNS(=O)(=O)c1ccc(N)c(Cl)c1. The number of anilines is 1. The van der Waals surface area contributed by atoms with Crippen LogP contribution >= 0.6 is 23.4 Å². The van der Waals surface area contributed by atoms with Gasteiger partial charge in [-0.05, 0) is 30.9 Å². The quantitative estimate of drug-likeness (QED) is 0.791. The minimum Gasteiger partial charge on any atom is -0.398 e. The maximum absolute atomic E-state index is 11.9. The molecule has 0 aliphatic carbocycles. The van der Waals surface area contributed by atoms with Crippen molar-refractivity contribution in [2.45, 2.75) is 23.5 Å². The lowest BCUT2D eigenvalue weighted by atomic mass is 10.3. The molecule has 0 aliphatic rings. The van der Waals surface area contributed by atoms with Gasteiger partial charge in [0.05, 0.1) is 15.6 Å². The zero-order chi connectivity index (χ0) is 13.8.